The number of hydrogen-bond donors (Lipinski definition) is 0. The summed E-state index contributed by atoms with van der Waals surface area (Å²) >= 11 is 0. The van der Waals surface area contributed by atoms with Crippen LogP contribution in [-0.2, 0) is 0 Å². The molecule has 0 fully saturated rings. The Kier molecular flexibility index (Phi) is 22.7. The molecule has 52 valence electrons. The van der Waals surface area contributed by atoms with Gasteiger partial charge in [0.05, 0.1) is 0 Å². The minimum atomic E-state index is -0.282. The predicted octanol–water partition coefficient (Wildman–Crippen LogP) is -1.29. The molecule has 0 aliphatic carbocycles. The van der Waals surface area contributed by atoms with E-state index in [1.165, 1.54) is 18.1 Å². The first kappa shape index (κ1) is 16.8. The van der Waals surface area contributed by atoms with Crippen molar-refractivity contribution in [2.24, 2.45) is 0 Å². The van der Waals surface area contributed by atoms with Gasteiger partial charge in [-0.05, 0) is 0 Å². The third-order valence-corrected chi connectivity index (χ3v) is 4.69. The van der Waals surface area contributed by atoms with E-state index in [0.717, 1.165) is 0 Å². The van der Waals surface area contributed by atoms with Crippen molar-refractivity contribution in [1.82, 2.24) is 0 Å². The number of hydrogen-bond acceptors (Lipinski definition) is 0. The van der Waals surface area contributed by atoms with Crippen molar-refractivity contribution in [2.75, 3.05) is 0 Å². The number of halogens is 1. The summed E-state index contributed by atoms with van der Waals surface area (Å²) < 4.78 is 0. The van der Waals surface area contributed by atoms with Crippen LogP contribution >= 0.6 is 0 Å². The molecule has 0 aliphatic heterocycles. The maximum Gasteiger partial charge on any atom is 2.00 e. The zero-order valence-corrected chi connectivity index (χ0v) is 10.6. The topological polar surface area (TPSA) is 0 Å². The summed E-state index contributed by atoms with van der Waals surface area (Å²) in [5.74, 6) is 0. The van der Waals surface area contributed by atoms with E-state index in [1.807, 2.05) is 0 Å². The Hall–Kier alpha value is 1.46. The van der Waals surface area contributed by atoms with Crippen molar-refractivity contribution in [1.29, 1.82) is 0 Å². The van der Waals surface area contributed by atoms with E-state index < -0.39 is 0 Å². The minimum Gasteiger partial charge on any atom is -1.00 e. The molecule has 3 heteroatoms. The first-order valence-electron chi connectivity index (χ1n) is 3.14. The van der Waals surface area contributed by atoms with Gasteiger partial charge in [0.2, 0.25) is 0 Å². The molecule has 0 saturated heterocycles. The van der Waals surface area contributed by atoms with E-state index in [1.54, 1.807) is 0 Å². The fourth-order valence-electron chi connectivity index (χ4n) is 0.697. The molecule has 0 aromatic carbocycles. The first-order valence-corrected chi connectivity index (χ1v) is 5.59. The molecule has 0 atom stereocenters. The standard InChI is InChI=1S/C6H15Si.BrH.Mg/c1-4-7(5-2)6-3;;/h7H,1,4-6H2,2-3H3;1H;/q-1;;+2/p-1. The van der Waals surface area contributed by atoms with Crippen LogP contribution in [0.3, 0.4) is 0 Å². The molecule has 9 heavy (non-hydrogen) atoms. The van der Waals surface area contributed by atoms with E-state index in [4.69, 9.17) is 0 Å². The quantitative estimate of drug-likeness (QED) is 0.409. The molecular formula is C6H15BrMgSi. The molecule has 0 bridgehead atoms. The Morgan fingerprint density at radius 2 is 1.56 bits per heavy atom. The summed E-state index contributed by atoms with van der Waals surface area (Å²) in [5, 5.41) is 0. The van der Waals surface area contributed by atoms with Crippen molar-refractivity contribution in [3.05, 3.63) is 6.92 Å². The Labute approximate surface area is 87.3 Å². The Morgan fingerprint density at radius 1 is 1.22 bits per heavy atom. The molecule has 0 N–H and O–H groups in total. The van der Waals surface area contributed by atoms with Crippen LogP contribution in [0.5, 0.6) is 0 Å². The molecule has 0 aromatic heterocycles. The Balaban J connectivity index is -0.000000180. The molecule has 0 aliphatic rings. The summed E-state index contributed by atoms with van der Waals surface area (Å²) in [7, 11) is -0.282. The van der Waals surface area contributed by atoms with Crippen LogP contribution in [0.2, 0.25) is 18.1 Å². The van der Waals surface area contributed by atoms with E-state index in [2.05, 4.69) is 20.8 Å². The minimum absolute atomic E-state index is 0. The second kappa shape index (κ2) is 12.2. The van der Waals surface area contributed by atoms with Gasteiger partial charge in [0.15, 0.2) is 0 Å². The van der Waals surface area contributed by atoms with Crippen LogP contribution in [0.4, 0.5) is 0 Å². The maximum atomic E-state index is 3.89. The molecule has 0 amide bonds. The van der Waals surface area contributed by atoms with Crippen LogP contribution in [0.1, 0.15) is 13.8 Å². The van der Waals surface area contributed by atoms with Crippen molar-refractivity contribution in [3.8, 4) is 0 Å². The van der Waals surface area contributed by atoms with Gasteiger partial charge in [-0.2, -0.15) is 6.04 Å². The third kappa shape index (κ3) is 9.46. The van der Waals surface area contributed by atoms with Gasteiger partial charge in [0.1, 0.15) is 0 Å². The van der Waals surface area contributed by atoms with Gasteiger partial charge in [-0.1, -0.05) is 25.9 Å². The normalized spacial score (nSPS) is 8.00. The van der Waals surface area contributed by atoms with E-state index in [9.17, 15) is 0 Å². The van der Waals surface area contributed by atoms with E-state index in [-0.39, 0.29) is 48.8 Å². The Morgan fingerprint density at radius 3 is 1.56 bits per heavy atom. The van der Waals surface area contributed by atoms with Crippen molar-refractivity contribution in [2.45, 2.75) is 32.0 Å². The van der Waals surface area contributed by atoms with Gasteiger partial charge in [-0.25, -0.2) is 0 Å². The van der Waals surface area contributed by atoms with Gasteiger partial charge < -0.3 is 23.9 Å². The van der Waals surface area contributed by atoms with Crippen molar-refractivity contribution < 1.29 is 17.0 Å². The van der Waals surface area contributed by atoms with Gasteiger partial charge in [-0.3, -0.25) is 0 Å². The fraction of sp³-hybridized carbons (Fsp3) is 0.833. The summed E-state index contributed by atoms with van der Waals surface area (Å²) in [4.78, 5) is 0. The molecular weight excluding hydrogens is 204 g/mol. The third-order valence-electron chi connectivity index (χ3n) is 1.56. The summed E-state index contributed by atoms with van der Waals surface area (Å²) in [6.07, 6.45) is 0. The van der Waals surface area contributed by atoms with Gasteiger partial charge in [-0.15, -0.1) is 0 Å². The van der Waals surface area contributed by atoms with Crippen LogP contribution in [-0.4, -0.2) is 31.8 Å². The molecule has 0 radical (unpaired) electrons. The second-order valence-corrected chi connectivity index (χ2v) is 5.91. The Bertz CT molecular complexity index is 34.5. The molecule has 0 unspecified atom stereocenters. The second-order valence-electron chi connectivity index (χ2n) is 1.97. The summed E-state index contributed by atoms with van der Waals surface area (Å²) in [5.41, 5.74) is 0. The first-order chi connectivity index (χ1) is 3.35. The molecule has 0 heterocycles. The van der Waals surface area contributed by atoms with E-state index >= 15 is 0 Å². The van der Waals surface area contributed by atoms with Crippen molar-refractivity contribution >= 4 is 31.8 Å². The molecule has 0 saturated carbocycles. The van der Waals surface area contributed by atoms with Gasteiger partial charge in [0.25, 0.3) is 0 Å². The summed E-state index contributed by atoms with van der Waals surface area (Å²) in [6.45, 7) is 8.46. The smallest absolute Gasteiger partial charge is 1.00 e. The average molecular weight is 219 g/mol. The van der Waals surface area contributed by atoms with Gasteiger partial charge in [0, 0.05) is 8.80 Å². The monoisotopic (exact) mass is 218 g/mol. The average Bonchev–Trinajstić information content (AvgIpc) is 1.72. The zero-order chi connectivity index (χ0) is 5.70. The van der Waals surface area contributed by atoms with Crippen molar-refractivity contribution in [3.63, 3.8) is 0 Å². The van der Waals surface area contributed by atoms with E-state index in [0.29, 0.717) is 0 Å². The molecule has 0 rings (SSSR count). The maximum absolute atomic E-state index is 3.89. The number of rotatable bonds is 3. The molecule has 0 aromatic rings. The zero-order valence-electron chi connectivity index (χ0n) is 6.49. The SMILES string of the molecule is [Br-].[CH2-]C[SiH](CC)CC.[Mg+2]. The predicted molar refractivity (Wildman–Crippen MR) is 44.0 cm³/mol. The molecule has 0 spiro atoms. The largest absolute Gasteiger partial charge is 2.00 e. The summed E-state index contributed by atoms with van der Waals surface area (Å²) in [6, 6.07) is 4.10. The van der Waals surface area contributed by atoms with Crippen LogP contribution in [0.15, 0.2) is 0 Å². The van der Waals surface area contributed by atoms with Crippen LogP contribution < -0.4 is 17.0 Å². The van der Waals surface area contributed by atoms with Gasteiger partial charge >= 0.3 is 23.1 Å². The van der Waals surface area contributed by atoms with Crippen LogP contribution in [0.25, 0.3) is 0 Å². The fourth-order valence-corrected chi connectivity index (χ4v) is 2.09. The molecule has 0 nitrogen and oxygen atoms in total. The van der Waals surface area contributed by atoms with Crippen LogP contribution in [0, 0.1) is 6.92 Å².